The van der Waals surface area contributed by atoms with Crippen LogP contribution in [0.2, 0.25) is 0 Å². The maximum Gasteiger partial charge on any atom is 0.228 e. The van der Waals surface area contributed by atoms with Crippen molar-refractivity contribution in [1.29, 1.82) is 0 Å². The number of hydrogen-bond donors (Lipinski definition) is 8. The van der Waals surface area contributed by atoms with Crippen molar-refractivity contribution in [3.63, 3.8) is 0 Å². The molecule has 6 aliphatic rings. The molecular weight excluding hydrogens is 1870 g/mol. The summed E-state index contributed by atoms with van der Waals surface area (Å²) < 4.78 is 5.25. The van der Waals surface area contributed by atoms with Gasteiger partial charge in [-0.3, -0.25) is 28.8 Å². The average Bonchev–Trinajstić information content (AvgIpc) is 1.62. The summed E-state index contributed by atoms with van der Waals surface area (Å²) in [6, 6.07) is 91.8. The predicted octanol–water partition coefficient (Wildman–Crippen LogP) is 21.9. The Morgan fingerprint density at radius 1 is 0.253 bits per heavy atom. The number of methoxy groups -OCH3 is 1. The number of carbonyl (C=O) groups is 6. The number of fused-ring (bicyclic) bond motifs is 6. The van der Waals surface area contributed by atoms with Gasteiger partial charge in [0.15, 0.2) is 0 Å². The Balaban J connectivity index is 0.000000113. The van der Waals surface area contributed by atoms with E-state index < -0.39 is 0 Å². The van der Waals surface area contributed by atoms with Crippen LogP contribution in [0.5, 0.6) is 5.75 Å². The fourth-order valence-electron chi connectivity index (χ4n) is 18.4. The second-order valence-electron chi connectivity index (χ2n) is 37.5. The lowest BCUT2D eigenvalue weighted by Crippen LogP contribution is -2.09. The van der Waals surface area contributed by atoms with E-state index in [-0.39, 0.29) is 47.5 Å². The molecule has 12 heterocycles. The van der Waals surface area contributed by atoms with Crippen molar-refractivity contribution in [3.05, 3.63) is 449 Å². The van der Waals surface area contributed by atoms with Crippen molar-refractivity contribution in [2.45, 2.75) is 130 Å². The number of nitrogens with one attached hydrogen (secondary N) is 8. The Labute approximate surface area is 869 Å². The number of hydrogen-bond acceptors (Lipinski definition) is 21. The average molecular weight is 1980 g/mol. The minimum atomic E-state index is 0.0397. The van der Waals surface area contributed by atoms with Crippen molar-refractivity contribution >= 4 is 81.5 Å². The molecule has 0 unspecified atom stereocenters. The third-order valence-electron chi connectivity index (χ3n) is 26.6. The van der Waals surface area contributed by atoms with Gasteiger partial charge in [-0.25, -0.2) is 59.8 Å². The highest BCUT2D eigenvalue weighted by Gasteiger charge is 2.26. The van der Waals surface area contributed by atoms with E-state index >= 15 is 0 Å². The summed E-state index contributed by atoms with van der Waals surface area (Å²) in [5.41, 5.74) is 33.3. The zero-order valence-electron chi connectivity index (χ0n) is 83.7. The van der Waals surface area contributed by atoms with Gasteiger partial charge in [0.25, 0.3) is 0 Å². The first kappa shape index (κ1) is 100. The van der Waals surface area contributed by atoms with Gasteiger partial charge in [0.05, 0.1) is 57.7 Å². The van der Waals surface area contributed by atoms with Gasteiger partial charge < -0.3 is 47.3 Å². The normalized spacial score (nSPS) is 13.1. The van der Waals surface area contributed by atoms with Crippen LogP contribution in [-0.4, -0.2) is 102 Å². The van der Waals surface area contributed by atoms with E-state index in [4.69, 9.17) is 4.74 Å². The van der Waals surface area contributed by atoms with Crippen molar-refractivity contribution in [3.8, 4) is 72.5 Å². The third kappa shape index (κ3) is 26.4. The highest BCUT2D eigenvalue weighted by Crippen LogP contribution is 2.38. The number of benzene rings is 12. The van der Waals surface area contributed by atoms with Crippen LogP contribution in [0.4, 0.5) is 46.0 Å². The molecule has 150 heavy (non-hydrogen) atoms. The molecular formula is C123H110N20O7. The van der Waals surface area contributed by atoms with Crippen LogP contribution in [0.1, 0.15) is 127 Å². The Kier molecular flexibility index (Phi) is 31.7. The molecule has 0 bridgehead atoms. The number of aryl methyl sites for hydroxylation is 10. The molecule has 6 aliphatic heterocycles. The lowest BCUT2D eigenvalue weighted by atomic mass is 9.98. The maximum absolute atomic E-state index is 11.6. The van der Waals surface area contributed by atoms with Gasteiger partial charge in [-0.15, -0.1) is 0 Å². The van der Waals surface area contributed by atoms with Crippen molar-refractivity contribution < 1.29 is 33.5 Å². The van der Waals surface area contributed by atoms with Crippen LogP contribution in [0, 0.1) is 13.8 Å². The summed E-state index contributed by atoms with van der Waals surface area (Å²) >= 11 is 0. The van der Waals surface area contributed by atoms with Crippen molar-refractivity contribution in [2.24, 2.45) is 0 Å². The zero-order valence-corrected chi connectivity index (χ0v) is 83.7. The number of nitrogens with zero attached hydrogens (tertiary/aromatic N) is 12. The molecule has 27 heteroatoms. The van der Waals surface area contributed by atoms with E-state index in [1.807, 2.05) is 232 Å². The van der Waals surface area contributed by atoms with E-state index in [1.54, 1.807) is 31.9 Å². The number of carbonyl (C=O) groups excluding carboxylic acids is 6. The van der Waals surface area contributed by atoms with Gasteiger partial charge in [0.1, 0.15) is 29.0 Å². The Hall–Kier alpha value is -18.7. The van der Waals surface area contributed by atoms with E-state index in [9.17, 15) is 28.8 Å². The number of rotatable bonds is 25. The first-order valence-electron chi connectivity index (χ1n) is 50.1. The Bertz CT molecular complexity index is 7740. The molecule has 2 atom stereocenters. The second-order valence-corrected chi connectivity index (χ2v) is 37.5. The number of amides is 6. The molecule has 24 rings (SSSR count). The minimum Gasteiger partial charge on any atom is -0.497 e. The van der Waals surface area contributed by atoms with E-state index in [1.165, 1.54) is 38.9 Å². The first-order valence-corrected chi connectivity index (χ1v) is 50.1. The van der Waals surface area contributed by atoms with Crippen LogP contribution in [0.15, 0.2) is 347 Å². The molecule has 0 saturated heterocycles. The molecule has 0 radical (unpaired) electrons. The van der Waals surface area contributed by atoms with Crippen LogP contribution in [0.25, 0.3) is 66.8 Å². The zero-order chi connectivity index (χ0) is 103. The third-order valence-corrected chi connectivity index (χ3v) is 26.6. The fraction of sp³-hybridized carbons (Fsp3) is 0.171. The smallest absolute Gasteiger partial charge is 0.228 e. The van der Waals surface area contributed by atoms with Gasteiger partial charge >= 0.3 is 0 Å². The van der Waals surface area contributed by atoms with Gasteiger partial charge in [-0.05, 0) is 232 Å². The number of anilines is 8. The highest BCUT2D eigenvalue weighted by molar-refractivity contribution is 6.04. The molecule has 6 aromatic heterocycles. The van der Waals surface area contributed by atoms with E-state index in [0.717, 1.165) is 220 Å². The Morgan fingerprint density at radius 3 is 0.900 bits per heavy atom. The molecule has 0 spiro atoms. The van der Waals surface area contributed by atoms with Crippen molar-refractivity contribution in [2.75, 3.05) is 49.6 Å². The van der Waals surface area contributed by atoms with Crippen LogP contribution >= 0.6 is 0 Å². The maximum atomic E-state index is 11.6. The van der Waals surface area contributed by atoms with Crippen molar-refractivity contribution in [1.82, 2.24) is 59.8 Å². The topological polar surface area (TPSA) is 363 Å². The van der Waals surface area contributed by atoms with Crippen LogP contribution in [0.3, 0.4) is 0 Å². The molecule has 0 aliphatic carbocycles. The molecule has 18 aromatic rings. The van der Waals surface area contributed by atoms with Gasteiger partial charge in [-0.2, -0.15) is 0 Å². The lowest BCUT2D eigenvalue weighted by molar-refractivity contribution is -0.115. The summed E-state index contributed by atoms with van der Waals surface area (Å²) in [6.45, 7) is 8.31. The quantitative estimate of drug-likeness (QED) is 0.0263. The summed E-state index contributed by atoms with van der Waals surface area (Å²) in [4.78, 5) is 123. The highest BCUT2D eigenvalue weighted by atomic mass is 16.5. The summed E-state index contributed by atoms with van der Waals surface area (Å²) in [5.74, 6) is 5.69. The number of ether oxygens (including phenoxy) is 1. The standard InChI is InChI=1S/C21H19N3O2.2C21H19N3O.2C20H18N4O.C20H17N3O/c1-26-18-4-2-3-14(9-18)5-8-20-22-12-17(13-23-20)15-6-7-19-16(10-15)11-21(25)24-19;1-14-3-2-4-15(9-14)5-8-20-22-12-18(13-23-20)16-6-7-19-17(10-16)11-21(25)24-19;1-14-9-19-16(11-21(25)24-19)10-18(14)17-12-22-20(23-13-17)8-7-15-5-3-2-4-6-15;2*1-13(14-5-3-2-4-6-14)23-20-21-11-17(12-22-20)15-7-8-16-10-19(25)24-18(16)9-15;24-20-11-16-10-15(7-8-18(16)23-20)17-12-21-19(22-13-17)9-6-14-4-2-1-3-5-14/h2-4,6-7,9-10,12-13H,5,8,11H2,1H3,(H,24,25);2-4,6-7,9-10,12-13H,5,8,11H2,1H3,(H,24,25);2-6,9-10,12-13H,7-8,11H2,1H3,(H,24,25);2*2-9,11-13H,10H2,1H3,(H,24,25)(H,21,22,23);1-5,7-8,10,12-13H,6,9,11H2,(H,23,24)/t;;;2*13-;/m...10./s1. The molecule has 744 valence electrons. The first-order chi connectivity index (χ1) is 73.2. The molecule has 8 N–H and O–H groups in total. The summed E-state index contributed by atoms with van der Waals surface area (Å²) in [6.07, 6.45) is 31.7. The summed E-state index contributed by atoms with van der Waals surface area (Å²) in [7, 11) is 1.67. The van der Waals surface area contributed by atoms with Gasteiger partial charge in [0, 0.05) is 168 Å². The van der Waals surface area contributed by atoms with E-state index in [0.29, 0.717) is 50.4 Å². The minimum absolute atomic E-state index is 0.0397. The number of aromatic nitrogens is 12. The predicted molar refractivity (Wildman–Crippen MR) is 587 cm³/mol. The van der Waals surface area contributed by atoms with E-state index in [2.05, 4.69) is 220 Å². The molecule has 27 nitrogen and oxygen atoms in total. The monoisotopic (exact) mass is 1980 g/mol. The fourth-order valence-corrected chi connectivity index (χ4v) is 18.4. The SMILES string of the molecule is COc1cccc(CCc2ncc(-c3ccc4c(c3)CC(=O)N4)cn2)c1.C[C@@H](Nc1ncc(-c2ccc3c(c2)NC(=O)C3)cn1)c1ccccc1.C[C@H](Nc1ncc(-c2ccc3c(c2)NC(=O)C3)cn1)c1ccccc1.Cc1cc2c(cc1-c1cnc(CCc3ccccc3)nc1)CC(=O)N2.Cc1cccc(CCc2ncc(-c3ccc4c(c3)CC(=O)N4)cn2)c1.O=C1Cc2cc(-c3cnc(CCc4ccccc4)nc3)ccc2N1. The van der Waals surface area contributed by atoms with Crippen LogP contribution in [-0.2, 0) is 119 Å². The summed E-state index contributed by atoms with van der Waals surface area (Å²) in [5, 5.41) is 23.8. The van der Waals surface area contributed by atoms with Crippen LogP contribution < -0.4 is 47.3 Å². The molecule has 0 fully saturated rings. The Morgan fingerprint density at radius 2 is 0.540 bits per heavy atom. The lowest BCUT2D eigenvalue weighted by Gasteiger charge is -2.14. The van der Waals surface area contributed by atoms with Gasteiger partial charge in [-0.1, -0.05) is 206 Å². The largest absolute Gasteiger partial charge is 0.497 e. The molecule has 12 aromatic carbocycles. The second kappa shape index (κ2) is 47.5. The van der Waals surface area contributed by atoms with Gasteiger partial charge in [0.2, 0.25) is 47.3 Å². The molecule has 0 saturated carbocycles. The molecule has 6 amide bonds.